The first-order valence-corrected chi connectivity index (χ1v) is 9.40. The van der Waals surface area contributed by atoms with E-state index in [0.717, 1.165) is 22.3 Å². The third-order valence-electron chi connectivity index (χ3n) is 4.01. The molecule has 2 aromatic carbocycles. The summed E-state index contributed by atoms with van der Waals surface area (Å²) in [4.78, 5) is 12.6. The standard InChI is InChI=1S/C20H14Cl2N2OS/c1-11-6-7-12(2)14(8-11)16-10-26-20(15(16)9-23)24-19(25)13-4-3-5-17(21)18(13)22/h3-8,10H,1-2H3,(H,24,25). The molecule has 3 nitrogen and oxygen atoms in total. The van der Waals surface area contributed by atoms with E-state index >= 15 is 0 Å². The van der Waals surface area contributed by atoms with Crippen molar-refractivity contribution in [2.45, 2.75) is 13.8 Å². The van der Waals surface area contributed by atoms with Crippen LogP contribution < -0.4 is 5.32 Å². The van der Waals surface area contributed by atoms with Crippen LogP contribution >= 0.6 is 34.5 Å². The van der Waals surface area contributed by atoms with Gasteiger partial charge in [0.1, 0.15) is 11.1 Å². The van der Waals surface area contributed by atoms with Crippen LogP contribution in [0.2, 0.25) is 10.0 Å². The first kappa shape index (κ1) is 18.5. The lowest BCUT2D eigenvalue weighted by Crippen LogP contribution is -2.12. The normalized spacial score (nSPS) is 10.4. The molecule has 3 rings (SSSR count). The number of hydrogen-bond donors (Lipinski definition) is 1. The van der Waals surface area contributed by atoms with Crippen LogP contribution in [-0.2, 0) is 0 Å². The molecule has 0 saturated carbocycles. The fourth-order valence-corrected chi connectivity index (χ4v) is 3.93. The van der Waals surface area contributed by atoms with E-state index in [2.05, 4.69) is 11.4 Å². The molecule has 0 fully saturated rings. The van der Waals surface area contributed by atoms with E-state index in [1.54, 1.807) is 18.2 Å². The number of nitriles is 1. The third-order valence-corrected chi connectivity index (χ3v) is 5.72. The van der Waals surface area contributed by atoms with Crippen LogP contribution in [0.25, 0.3) is 11.1 Å². The molecule has 1 N–H and O–H groups in total. The lowest BCUT2D eigenvalue weighted by molar-refractivity contribution is 0.102. The predicted octanol–water partition coefficient (Wildman–Crippen LogP) is 6.46. The number of benzene rings is 2. The number of halogens is 2. The van der Waals surface area contributed by atoms with E-state index in [-0.39, 0.29) is 10.6 Å². The minimum atomic E-state index is -0.400. The Bertz CT molecular complexity index is 1050. The fourth-order valence-electron chi connectivity index (χ4n) is 2.63. The monoisotopic (exact) mass is 400 g/mol. The summed E-state index contributed by atoms with van der Waals surface area (Å²) < 4.78 is 0. The summed E-state index contributed by atoms with van der Waals surface area (Å²) in [6.45, 7) is 4.00. The predicted molar refractivity (Wildman–Crippen MR) is 108 cm³/mol. The van der Waals surface area contributed by atoms with E-state index in [4.69, 9.17) is 23.2 Å². The number of carbonyl (C=O) groups excluding carboxylic acids is 1. The van der Waals surface area contributed by atoms with E-state index in [0.29, 0.717) is 15.6 Å². The molecule has 0 aliphatic rings. The Morgan fingerprint density at radius 2 is 1.92 bits per heavy atom. The van der Waals surface area contributed by atoms with Crippen molar-refractivity contribution in [1.82, 2.24) is 0 Å². The summed E-state index contributed by atoms with van der Waals surface area (Å²) in [6.07, 6.45) is 0. The molecule has 0 spiro atoms. The van der Waals surface area contributed by atoms with Crippen LogP contribution in [0.4, 0.5) is 5.00 Å². The molecular formula is C20H14Cl2N2OS. The maximum absolute atomic E-state index is 12.6. The highest BCUT2D eigenvalue weighted by molar-refractivity contribution is 7.15. The van der Waals surface area contributed by atoms with Crippen molar-refractivity contribution in [1.29, 1.82) is 5.26 Å². The largest absolute Gasteiger partial charge is 0.312 e. The van der Waals surface area contributed by atoms with Crippen LogP contribution in [0.15, 0.2) is 41.8 Å². The lowest BCUT2D eigenvalue weighted by atomic mass is 9.98. The smallest absolute Gasteiger partial charge is 0.257 e. The second-order valence-corrected chi connectivity index (χ2v) is 7.50. The maximum atomic E-state index is 12.6. The molecule has 6 heteroatoms. The van der Waals surface area contributed by atoms with E-state index < -0.39 is 5.91 Å². The molecule has 3 aromatic rings. The van der Waals surface area contributed by atoms with Gasteiger partial charge in [0.05, 0.1) is 21.2 Å². The molecule has 0 saturated heterocycles. The van der Waals surface area contributed by atoms with Gasteiger partial charge < -0.3 is 5.32 Å². The van der Waals surface area contributed by atoms with Crippen molar-refractivity contribution in [3.63, 3.8) is 0 Å². The SMILES string of the molecule is Cc1ccc(C)c(-c2csc(NC(=O)c3cccc(Cl)c3Cl)c2C#N)c1. The molecule has 0 unspecified atom stereocenters. The van der Waals surface area contributed by atoms with Crippen molar-refractivity contribution in [2.75, 3.05) is 5.32 Å². The highest BCUT2D eigenvalue weighted by Crippen LogP contribution is 2.37. The van der Waals surface area contributed by atoms with E-state index in [9.17, 15) is 10.1 Å². The van der Waals surface area contributed by atoms with Gasteiger partial charge in [-0.1, -0.05) is 53.0 Å². The van der Waals surface area contributed by atoms with E-state index in [1.165, 1.54) is 11.3 Å². The number of carbonyl (C=O) groups is 1. The highest BCUT2D eigenvalue weighted by atomic mass is 35.5. The Hall–Kier alpha value is -2.32. The summed E-state index contributed by atoms with van der Waals surface area (Å²) in [7, 11) is 0. The molecule has 0 bridgehead atoms. The number of hydrogen-bond acceptors (Lipinski definition) is 3. The van der Waals surface area contributed by atoms with Gasteiger partial charge in [0, 0.05) is 10.9 Å². The number of anilines is 1. The average Bonchev–Trinajstić information content (AvgIpc) is 3.01. The van der Waals surface area contributed by atoms with Gasteiger partial charge >= 0.3 is 0 Å². The minimum Gasteiger partial charge on any atom is -0.312 e. The van der Waals surface area contributed by atoms with Crippen molar-refractivity contribution in [3.05, 3.63) is 74.1 Å². The van der Waals surface area contributed by atoms with Gasteiger partial charge in [-0.15, -0.1) is 11.3 Å². The number of nitrogens with one attached hydrogen (secondary N) is 1. The topological polar surface area (TPSA) is 52.9 Å². The zero-order valence-corrected chi connectivity index (χ0v) is 16.4. The van der Waals surface area contributed by atoms with Crippen LogP contribution in [0, 0.1) is 25.2 Å². The summed E-state index contributed by atoms with van der Waals surface area (Å²) in [6, 6.07) is 13.2. The zero-order chi connectivity index (χ0) is 18.8. The third kappa shape index (κ3) is 3.47. The Labute approximate surface area is 165 Å². The molecule has 1 amide bonds. The molecule has 1 heterocycles. The summed E-state index contributed by atoms with van der Waals surface area (Å²) in [5.41, 5.74) is 4.68. The maximum Gasteiger partial charge on any atom is 0.257 e. The van der Waals surface area contributed by atoms with Crippen molar-refractivity contribution >= 4 is 45.4 Å². The molecule has 0 radical (unpaired) electrons. The average molecular weight is 401 g/mol. The van der Waals surface area contributed by atoms with Gasteiger partial charge in [0.15, 0.2) is 0 Å². The Balaban J connectivity index is 1.99. The van der Waals surface area contributed by atoms with E-state index in [1.807, 2.05) is 37.4 Å². The number of aryl methyl sites for hydroxylation is 2. The second kappa shape index (κ2) is 7.51. The molecule has 0 aliphatic heterocycles. The first-order valence-electron chi connectivity index (χ1n) is 7.77. The highest BCUT2D eigenvalue weighted by Gasteiger charge is 2.19. The molecule has 0 atom stereocenters. The molecule has 130 valence electrons. The van der Waals surface area contributed by atoms with Gasteiger partial charge in [-0.25, -0.2) is 0 Å². The van der Waals surface area contributed by atoms with Crippen LogP contribution in [0.5, 0.6) is 0 Å². The quantitative estimate of drug-likeness (QED) is 0.547. The molecule has 0 aliphatic carbocycles. The van der Waals surface area contributed by atoms with Crippen molar-refractivity contribution in [2.24, 2.45) is 0 Å². The van der Waals surface area contributed by atoms with Crippen LogP contribution in [-0.4, -0.2) is 5.91 Å². The zero-order valence-electron chi connectivity index (χ0n) is 14.1. The van der Waals surface area contributed by atoms with Crippen molar-refractivity contribution in [3.8, 4) is 17.2 Å². The van der Waals surface area contributed by atoms with Crippen LogP contribution in [0.3, 0.4) is 0 Å². The fraction of sp³-hybridized carbons (Fsp3) is 0.100. The van der Waals surface area contributed by atoms with Gasteiger partial charge in [-0.2, -0.15) is 5.26 Å². The summed E-state index contributed by atoms with van der Waals surface area (Å²) >= 11 is 13.4. The molecule has 26 heavy (non-hydrogen) atoms. The summed E-state index contributed by atoms with van der Waals surface area (Å²) in [5.74, 6) is -0.400. The number of rotatable bonds is 3. The first-order chi connectivity index (χ1) is 12.4. The molecular weight excluding hydrogens is 387 g/mol. The number of nitrogens with zero attached hydrogens (tertiary/aromatic N) is 1. The molecule has 1 aromatic heterocycles. The second-order valence-electron chi connectivity index (χ2n) is 5.84. The van der Waals surface area contributed by atoms with Gasteiger partial charge in [0.25, 0.3) is 5.91 Å². The minimum absolute atomic E-state index is 0.191. The van der Waals surface area contributed by atoms with Crippen molar-refractivity contribution < 1.29 is 4.79 Å². The summed E-state index contributed by atoms with van der Waals surface area (Å²) in [5, 5.41) is 15.3. The van der Waals surface area contributed by atoms with Crippen LogP contribution in [0.1, 0.15) is 27.0 Å². The Morgan fingerprint density at radius 3 is 2.65 bits per heavy atom. The van der Waals surface area contributed by atoms with Gasteiger partial charge in [-0.3, -0.25) is 4.79 Å². The number of thiophene rings is 1. The Kier molecular flexibility index (Phi) is 5.33. The lowest BCUT2D eigenvalue weighted by Gasteiger charge is -2.08. The Morgan fingerprint density at radius 1 is 1.15 bits per heavy atom. The van der Waals surface area contributed by atoms with Gasteiger partial charge in [-0.05, 0) is 37.1 Å². The number of amides is 1. The van der Waals surface area contributed by atoms with Gasteiger partial charge in [0.2, 0.25) is 0 Å².